The van der Waals surface area contributed by atoms with Crippen LogP contribution in [0.5, 0.6) is 0 Å². The summed E-state index contributed by atoms with van der Waals surface area (Å²) in [4.78, 5) is 0. The molecule has 0 aromatic carbocycles. The van der Waals surface area contributed by atoms with Gasteiger partial charge in [0.2, 0.25) is 0 Å². The van der Waals surface area contributed by atoms with Crippen LogP contribution in [0.2, 0.25) is 0 Å². The summed E-state index contributed by atoms with van der Waals surface area (Å²) in [5.41, 5.74) is 1.12. The average molecular weight is 164 g/mol. The van der Waals surface area contributed by atoms with E-state index in [0.29, 0.717) is 5.76 Å². The zero-order valence-corrected chi connectivity index (χ0v) is 8.05. The minimum atomic E-state index is 0.573. The van der Waals surface area contributed by atoms with Gasteiger partial charge in [0.05, 0.1) is 0 Å². The van der Waals surface area contributed by atoms with Gasteiger partial charge in [0.1, 0.15) is 11.5 Å². The van der Waals surface area contributed by atoms with Gasteiger partial charge in [-0.3, -0.25) is 0 Å². The summed E-state index contributed by atoms with van der Waals surface area (Å²) in [7, 11) is 0. The summed E-state index contributed by atoms with van der Waals surface area (Å²) in [6.07, 6.45) is 5.43. The van der Waals surface area contributed by atoms with E-state index in [1.807, 2.05) is 32.9 Å². The Kier molecular flexibility index (Phi) is 4.86. The van der Waals surface area contributed by atoms with Crippen molar-refractivity contribution in [3.63, 3.8) is 0 Å². The molecular formula is C11H16O. The zero-order valence-electron chi connectivity index (χ0n) is 8.05. The first-order valence-corrected chi connectivity index (χ1v) is 3.91. The fourth-order valence-corrected chi connectivity index (χ4v) is 0.637. The largest absolute Gasteiger partial charge is 0.458 e. The van der Waals surface area contributed by atoms with E-state index in [2.05, 4.69) is 13.2 Å². The number of allylic oxidation sites excluding steroid dienone is 4. The van der Waals surface area contributed by atoms with Crippen molar-refractivity contribution >= 4 is 0 Å². The minimum absolute atomic E-state index is 0.573. The van der Waals surface area contributed by atoms with Gasteiger partial charge in [-0.25, -0.2) is 0 Å². The van der Waals surface area contributed by atoms with Crippen LogP contribution >= 0.6 is 0 Å². The maximum absolute atomic E-state index is 5.38. The van der Waals surface area contributed by atoms with Crippen LogP contribution < -0.4 is 0 Å². The fourth-order valence-electron chi connectivity index (χ4n) is 0.637. The van der Waals surface area contributed by atoms with Crippen molar-refractivity contribution in [3.8, 4) is 0 Å². The van der Waals surface area contributed by atoms with Crippen LogP contribution in [-0.2, 0) is 4.74 Å². The molecule has 0 radical (unpaired) electrons. The minimum Gasteiger partial charge on any atom is -0.458 e. The Morgan fingerprint density at radius 2 is 1.92 bits per heavy atom. The molecule has 0 bridgehead atoms. The van der Waals surface area contributed by atoms with Gasteiger partial charge in [-0.15, -0.1) is 0 Å². The van der Waals surface area contributed by atoms with E-state index in [4.69, 9.17) is 4.74 Å². The Balaban J connectivity index is 4.46. The maximum Gasteiger partial charge on any atom is 0.125 e. The van der Waals surface area contributed by atoms with Crippen molar-refractivity contribution < 1.29 is 4.74 Å². The van der Waals surface area contributed by atoms with Crippen LogP contribution in [0.1, 0.15) is 20.8 Å². The molecule has 0 fully saturated rings. The van der Waals surface area contributed by atoms with Gasteiger partial charge in [0, 0.05) is 0 Å². The molecule has 0 aromatic rings. The lowest BCUT2D eigenvalue weighted by Gasteiger charge is -2.07. The van der Waals surface area contributed by atoms with Crippen molar-refractivity contribution in [1.82, 2.24) is 0 Å². The monoisotopic (exact) mass is 164 g/mol. The number of hydrogen-bond donors (Lipinski definition) is 0. The van der Waals surface area contributed by atoms with Crippen LogP contribution in [0.15, 0.2) is 48.5 Å². The summed E-state index contributed by atoms with van der Waals surface area (Å²) in [5, 5.41) is 0. The Morgan fingerprint density at radius 3 is 2.25 bits per heavy atom. The molecule has 0 saturated heterocycles. The number of rotatable bonds is 4. The summed E-state index contributed by atoms with van der Waals surface area (Å²) < 4.78 is 5.38. The number of ether oxygens (including phenoxy) is 1. The van der Waals surface area contributed by atoms with Gasteiger partial charge < -0.3 is 4.74 Å². The van der Waals surface area contributed by atoms with E-state index >= 15 is 0 Å². The molecule has 0 N–H and O–H groups in total. The standard InChI is InChI=1S/C11H16O/c1-6-8-11(9(3)4)12-10(5)7-2/h6-8H,2,5H2,1,3-4H3/b8-6-. The molecule has 0 unspecified atom stereocenters. The third-order valence-electron chi connectivity index (χ3n) is 1.28. The van der Waals surface area contributed by atoms with Crippen molar-refractivity contribution in [3.05, 3.63) is 48.5 Å². The van der Waals surface area contributed by atoms with Crippen LogP contribution in [0.4, 0.5) is 0 Å². The molecule has 0 atom stereocenters. The molecule has 0 aromatic heterocycles. The predicted molar refractivity (Wildman–Crippen MR) is 53.6 cm³/mol. The lowest BCUT2D eigenvalue weighted by Crippen LogP contribution is -1.89. The van der Waals surface area contributed by atoms with E-state index in [9.17, 15) is 0 Å². The van der Waals surface area contributed by atoms with Crippen molar-refractivity contribution in [1.29, 1.82) is 0 Å². The molecule has 66 valence electrons. The first-order valence-electron chi connectivity index (χ1n) is 3.91. The van der Waals surface area contributed by atoms with Crippen molar-refractivity contribution in [2.75, 3.05) is 0 Å². The Morgan fingerprint density at radius 1 is 1.33 bits per heavy atom. The molecule has 0 rings (SSSR count). The summed E-state index contributed by atoms with van der Waals surface area (Å²) in [6, 6.07) is 0. The highest BCUT2D eigenvalue weighted by atomic mass is 16.5. The smallest absolute Gasteiger partial charge is 0.125 e. The van der Waals surface area contributed by atoms with Gasteiger partial charge in [-0.05, 0) is 38.5 Å². The molecular weight excluding hydrogens is 148 g/mol. The van der Waals surface area contributed by atoms with E-state index in [0.717, 1.165) is 11.3 Å². The third-order valence-corrected chi connectivity index (χ3v) is 1.28. The molecule has 1 nitrogen and oxygen atoms in total. The van der Waals surface area contributed by atoms with E-state index < -0.39 is 0 Å². The first kappa shape index (κ1) is 10.8. The van der Waals surface area contributed by atoms with Crippen LogP contribution in [0.25, 0.3) is 0 Å². The van der Waals surface area contributed by atoms with E-state index in [1.54, 1.807) is 6.08 Å². The predicted octanol–water partition coefficient (Wildman–Crippen LogP) is 3.57. The molecule has 0 aliphatic heterocycles. The van der Waals surface area contributed by atoms with Crippen molar-refractivity contribution in [2.45, 2.75) is 20.8 Å². The van der Waals surface area contributed by atoms with Gasteiger partial charge in [0.15, 0.2) is 0 Å². The maximum atomic E-state index is 5.38. The quantitative estimate of drug-likeness (QED) is 0.456. The molecule has 0 aliphatic rings. The topological polar surface area (TPSA) is 9.23 Å². The molecule has 0 aliphatic carbocycles. The molecule has 0 heterocycles. The Bertz CT molecular complexity index is 227. The first-order chi connectivity index (χ1) is 5.61. The second kappa shape index (κ2) is 5.42. The van der Waals surface area contributed by atoms with Crippen LogP contribution in [-0.4, -0.2) is 0 Å². The van der Waals surface area contributed by atoms with E-state index in [-0.39, 0.29) is 0 Å². The van der Waals surface area contributed by atoms with Crippen LogP contribution in [0, 0.1) is 0 Å². The highest BCUT2D eigenvalue weighted by Gasteiger charge is 1.96. The molecule has 0 amide bonds. The lowest BCUT2D eigenvalue weighted by molar-refractivity contribution is 0.333. The normalized spacial score (nSPS) is 9.58. The molecule has 0 spiro atoms. The zero-order chi connectivity index (χ0) is 9.56. The highest BCUT2D eigenvalue weighted by molar-refractivity contribution is 5.20. The summed E-state index contributed by atoms with van der Waals surface area (Å²) in [5.74, 6) is 1.41. The van der Waals surface area contributed by atoms with Crippen LogP contribution in [0.3, 0.4) is 0 Å². The van der Waals surface area contributed by atoms with Gasteiger partial charge in [-0.2, -0.15) is 0 Å². The third kappa shape index (κ3) is 3.81. The highest BCUT2D eigenvalue weighted by Crippen LogP contribution is 2.11. The molecule has 0 saturated carbocycles. The van der Waals surface area contributed by atoms with Gasteiger partial charge >= 0.3 is 0 Å². The lowest BCUT2D eigenvalue weighted by atomic mass is 10.2. The van der Waals surface area contributed by atoms with Gasteiger partial charge in [-0.1, -0.05) is 19.2 Å². The SMILES string of the molecule is C=CC(=C)OC(/C=C\C)=C(C)C. The average Bonchev–Trinajstić information content (AvgIpc) is 2.03. The number of hydrogen-bond acceptors (Lipinski definition) is 1. The fraction of sp³-hybridized carbons (Fsp3) is 0.273. The van der Waals surface area contributed by atoms with E-state index in [1.165, 1.54) is 0 Å². The summed E-state index contributed by atoms with van der Waals surface area (Å²) >= 11 is 0. The van der Waals surface area contributed by atoms with Gasteiger partial charge in [0.25, 0.3) is 0 Å². The Labute approximate surface area is 74.7 Å². The second-order valence-corrected chi connectivity index (χ2v) is 2.64. The molecule has 12 heavy (non-hydrogen) atoms. The summed E-state index contributed by atoms with van der Waals surface area (Å²) in [6.45, 7) is 13.2. The second-order valence-electron chi connectivity index (χ2n) is 2.64. The van der Waals surface area contributed by atoms with Crippen molar-refractivity contribution in [2.24, 2.45) is 0 Å². The molecule has 1 heteroatoms. The Hall–Kier alpha value is -1.24.